The second kappa shape index (κ2) is 5.02. The fourth-order valence-corrected chi connectivity index (χ4v) is 2.83. The fourth-order valence-electron chi connectivity index (χ4n) is 2.30. The molecule has 0 aliphatic rings. The lowest BCUT2D eigenvalue weighted by atomic mass is 10.1. The molecule has 2 N–H and O–H groups in total. The molecule has 1 aromatic carbocycles. The molecule has 0 atom stereocenters. The molecule has 20 heavy (non-hydrogen) atoms. The van der Waals surface area contributed by atoms with E-state index in [-0.39, 0.29) is 0 Å². The van der Waals surface area contributed by atoms with E-state index in [0.717, 1.165) is 27.9 Å². The van der Waals surface area contributed by atoms with Gasteiger partial charge in [0.2, 0.25) is 0 Å². The summed E-state index contributed by atoms with van der Waals surface area (Å²) in [5, 5.41) is 3.63. The van der Waals surface area contributed by atoms with Crippen LogP contribution >= 0.6 is 11.3 Å². The number of ether oxygens (including phenoxy) is 1. The van der Waals surface area contributed by atoms with Crippen LogP contribution in [0.5, 0.6) is 5.75 Å². The highest BCUT2D eigenvalue weighted by molar-refractivity contribution is 7.13. The van der Waals surface area contributed by atoms with Gasteiger partial charge in [-0.3, -0.25) is 0 Å². The molecular weight excluding hydrogens is 270 g/mol. The monoisotopic (exact) mass is 285 g/mol. The van der Waals surface area contributed by atoms with Gasteiger partial charge < -0.3 is 15.0 Å². The first-order chi connectivity index (χ1) is 9.69. The van der Waals surface area contributed by atoms with E-state index in [2.05, 4.69) is 21.8 Å². The van der Waals surface area contributed by atoms with E-state index in [1.54, 1.807) is 7.11 Å². The summed E-state index contributed by atoms with van der Waals surface area (Å²) in [6, 6.07) is 6.05. The van der Waals surface area contributed by atoms with E-state index in [0.29, 0.717) is 5.13 Å². The van der Waals surface area contributed by atoms with Crippen molar-refractivity contribution in [1.29, 1.82) is 0 Å². The van der Waals surface area contributed by atoms with Crippen molar-refractivity contribution < 1.29 is 4.74 Å². The maximum atomic E-state index is 5.64. The third-order valence-corrected chi connectivity index (χ3v) is 3.89. The van der Waals surface area contributed by atoms with Gasteiger partial charge in [-0.15, -0.1) is 11.3 Å². The number of nitrogen functional groups attached to an aromatic ring is 1. The van der Waals surface area contributed by atoms with Crippen LogP contribution in [0.3, 0.4) is 0 Å². The topological polar surface area (TPSA) is 53.1 Å². The largest absolute Gasteiger partial charge is 0.496 e. The van der Waals surface area contributed by atoms with Crippen molar-refractivity contribution in [3.63, 3.8) is 0 Å². The Hall–Kier alpha value is -2.27. The molecule has 0 amide bonds. The van der Waals surface area contributed by atoms with Crippen molar-refractivity contribution in [2.75, 3.05) is 12.8 Å². The van der Waals surface area contributed by atoms with Crippen LogP contribution < -0.4 is 10.5 Å². The van der Waals surface area contributed by atoms with Crippen LogP contribution in [-0.2, 0) is 7.05 Å². The van der Waals surface area contributed by atoms with Gasteiger partial charge in [-0.2, -0.15) is 0 Å². The summed E-state index contributed by atoms with van der Waals surface area (Å²) in [5.41, 5.74) is 8.76. The van der Waals surface area contributed by atoms with Gasteiger partial charge >= 0.3 is 0 Å². The van der Waals surface area contributed by atoms with Gasteiger partial charge in [0.05, 0.1) is 18.3 Å². The number of anilines is 1. The number of nitrogens with two attached hydrogens (primary N) is 1. The summed E-state index contributed by atoms with van der Waals surface area (Å²) in [6.45, 7) is 0. The Bertz CT molecular complexity index is 786. The van der Waals surface area contributed by atoms with Crippen LogP contribution in [0.4, 0.5) is 5.13 Å². The van der Waals surface area contributed by atoms with Gasteiger partial charge in [0, 0.05) is 29.6 Å². The molecule has 4 nitrogen and oxygen atoms in total. The Morgan fingerprint density at radius 2 is 2.20 bits per heavy atom. The van der Waals surface area contributed by atoms with Crippen LogP contribution in [0.1, 0.15) is 11.3 Å². The van der Waals surface area contributed by atoms with Gasteiger partial charge in [0.15, 0.2) is 5.13 Å². The molecule has 0 saturated heterocycles. The number of fused-ring (bicyclic) bond motifs is 1. The number of thiazole rings is 1. The molecule has 3 rings (SSSR count). The third-order valence-electron chi connectivity index (χ3n) is 3.20. The number of hydrogen-bond acceptors (Lipinski definition) is 4. The molecule has 2 aromatic heterocycles. The van der Waals surface area contributed by atoms with E-state index in [4.69, 9.17) is 10.5 Å². The summed E-state index contributed by atoms with van der Waals surface area (Å²) in [6.07, 6.45) is 6.09. The number of nitrogens with zero attached hydrogens (tertiary/aromatic N) is 2. The van der Waals surface area contributed by atoms with Crippen molar-refractivity contribution in [3.8, 4) is 5.75 Å². The number of hydrogen-bond donors (Lipinski definition) is 1. The number of rotatable bonds is 3. The van der Waals surface area contributed by atoms with Crippen molar-refractivity contribution in [2.24, 2.45) is 7.05 Å². The Morgan fingerprint density at radius 3 is 2.90 bits per heavy atom. The van der Waals surface area contributed by atoms with E-state index >= 15 is 0 Å². The van der Waals surface area contributed by atoms with Crippen LogP contribution in [0.2, 0.25) is 0 Å². The fraction of sp³-hybridized carbons (Fsp3) is 0.133. The zero-order valence-corrected chi connectivity index (χ0v) is 12.1. The average molecular weight is 285 g/mol. The molecule has 0 bridgehead atoms. The van der Waals surface area contributed by atoms with Gasteiger partial charge in [-0.05, 0) is 18.2 Å². The highest BCUT2D eigenvalue weighted by atomic mass is 32.1. The second-order valence-corrected chi connectivity index (χ2v) is 5.38. The zero-order valence-electron chi connectivity index (χ0n) is 11.3. The standard InChI is InChI=1S/C15H15N3OS/c1-18-8-10(6-7-11-9-20-15(16)17-11)14-12(18)4-3-5-13(14)19-2/h3-9H,1-2H3,(H2,16,17)/b7-6+. The number of methoxy groups -OCH3 is 1. The van der Waals surface area contributed by atoms with Crippen LogP contribution in [0.15, 0.2) is 29.8 Å². The lowest BCUT2D eigenvalue weighted by Gasteiger charge is -2.03. The summed E-state index contributed by atoms with van der Waals surface area (Å²) >= 11 is 1.44. The van der Waals surface area contributed by atoms with Crippen LogP contribution in [-0.4, -0.2) is 16.7 Å². The first-order valence-electron chi connectivity index (χ1n) is 6.20. The third kappa shape index (κ3) is 2.16. The molecular formula is C15H15N3OS. The molecule has 0 fully saturated rings. The van der Waals surface area contributed by atoms with E-state index in [9.17, 15) is 0 Å². The minimum atomic E-state index is 0.583. The van der Waals surface area contributed by atoms with Crippen molar-refractivity contribution in [3.05, 3.63) is 41.0 Å². The van der Waals surface area contributed by atoms with E-state index < -0.39 is 0 Å². The molecule has 0 spiro atoms. The van der Waals surface area contributed by atoms with Gasteiger partial charge in [-0.25, -0.2) is 4.98 Å². The van der Waals surface area contributed by atoms with Crippen LogP contribution in [0, 0.1) is 0 Å². The molecule has 2 heterocycles. The average Bonchev–Trinajstić information content (AvgIpc) is 3.01. The highest BCUT2D eigenvalue weighted by Crippen LogP contribution is 2.31. The molecule has 0 aliphatic carbocycles. The van der Waals surface area contributed by atoms with Crippen molar-refractivity contribution in [1.82, 2.24) is 9.55 Å². The molecule has 3 aromatic rings. The first kappa shape index (κ1) is 12.7. The minimum Gasteiger partial charge on any atom is -0.496 e. The van der Waals surface area contributed by atoms with Gasteiger partial charge in [0.1, 0.15) is 5.75 Å². The second-order valence-electron chi connectivity index (χ2n) is 4.49. The van der Waals surface area contributed by atoms with E-state index in [1.807, 2.05) is 36.7 Å². The predicted octanol–water partition coefficient (Wildman–Crippen LogP) is 3.40. The normalized spacial score (nSPS) is 11.5. The summed E-state index contributed by atoms with van der Waals surface area (Å²) in [4.78, 5) is 4.23. The Kier molecular flexibility index (Phi) is 3.20. The minimum absolute atomic E-state index is 0.583. The number of benzene rings is 1. The maximum Gasteiger partial charge on any atom is 0.180 e. The lowest BCUT2D eigenvalue weighted by molar-refractivity contribution is 0.420. The SMILES string of the molecule is COc1cccc2c1c(/C=C/c1csc(N)n1)cn2C. The van der Waals surface area contributed by atoms with Crippen molar-refractivity contribution >= 4 is 39.5 Å². The quantitative estimate of drug-likeness (QED) is 0.802. The summed E-state index contributed by atoms with van der Waals surface area (Å²) < 4.78 is 7.55. The predicted molar refractivity (Wildman–Crippen MR) is 84.9 cm³/mol. The van der Waals surface area contributed by atoms with Gasteiger partial charge in [-0.1, -0.05) is 12.1 Å². The first-order valence-corrected chi connectivity index (χ1v) is 7.08. The maximum absolute atomic E-state index is 5.64. The van der Waals surface area contributed by atoms with E-state index in [1.165, 1.54) is 11.3 Å². The highest BCUT2D eigenvalue weighted by Gasteiger charge is 2.09. The van der Waals surface area contributed by atoms with Gasteiger partial charge in [0.25, 0.3) is 0 Å². The number of aryl methyl sites for hydroxylation is 1. The number of aromatic nitrogens is 2. The Labute approximate surface area is 121 Å². The Balaban J connectivity index is 2.09. The van der Waals surface area contributed by atoms with Crippen LogP contribution in [0.25, 0.3) is 23.1 Å². The smallest absolute Gasteiger partial charge is 0.180 e. The zero-order chi connectivity index (χ0) is 14.1. The molecule has 0 radical (unpaired) electrons. The Morgan fingerprint density at radius 1 is 1.35 bits per heavy atom. The summed E-state index contributed by atoms with van der Waals surface area (Å²) in [7, 11) is 3.72. The molecule has 0 saturated carbocycles. The summed E-state index contributed by atoms with van der Waals surface area (Å²) in [5.74, 6) is 0.876. The molecule has 5 heteroatoms. The molecule has 0 aliphatic heterocycles. The lowest BCUT2D eigenvalue weighted by Crippen LogP contribution is -1.86. The molecule has 102 valence electrons. The molecule has 0 unspecified atom stereocenters. The van der Waals surface area contributed by atoms with Crippen molar-refractivity contribution in [2.45, 2.75) is 0 Å².